The van der Waals surface area contributed by atoms with Crippen molar-refractivity contribution >= 4 is 22.9 Å². The molecule has 108 valence electrons. The fraction of sp³-hybridized carbons (Fsp3) is 0.286. The molecule has 2 rings (SSSR count). The highest BCUT2D eigenvalue weighted by atomic mass is 35.5. The Hall–Kier alpha value is -1.01. The lowest BCUT2D eigenvalue weighted by atomic mass is 10.1. The molecule has 6 heteroatoms. The molecule has 0 spiro atoms. The molecule has 0 amide bonds. The minimum Gasteiger partial charge on any atom is -0.387 e. The molecule has 1 aromatic heterocycles. The predicted octanol–water partition coefficient (Wildman–Crippen LogP) is 3.55. The molecule has 2 aromatic rings. The van der Waals surface area contributed by atoms with Crippen LogP contribution in [-0.4, -0.2) is 18.2 Å². The summed E-state index contributed by atoms with van der Waals surface area (Å²) in [5.41, 5.74) is -0.292. The molecule has 0 aliphatic heterocycles. The Morgan fingerprint density at radius 1 is 1.20 bits per heavy atom. The van der Waals surface area contributed by atoms with Gasteiger partial charge in [-0.1, -0.05) is 17.7 Å². The van der Waals surface area contributed by atoms with Crippen LogP contribution in [0.15, 0.2) is 30.3 Å². The van der Waals surface area contributed by atoms with E-state index in [1.54, 1.807) is 0 Å². The first-order valence-electron chi connectivity index (χ1n) is 6.15. The van der Waals surface area contributed by atoms with Gasteiger partial charge >= 0.3 is 0 Å². The van der Waals surface area contributed by atoms with Crippen LogP contribution in [0.2, 0.25) is 4.34 Å². The third-order valence-corrected chi connectivity index (χ3v) is 4.14. The number of thiophene rings is 1. The van der Waals surface area contributed by atoms with Gasteiger partial charge in [-0.15, -0.1) is 11.3 Å². The molecule has 0 fully saturated rings. The number of benzene rings is 1. The van der Waals surface area contributed by atoms with Crippen molar-refractivity contribution in [3.63, 3.8) is 0 Å². The number of rotatable bonds is 6. The second-order valence-electron chi connectivity index (χ2n) is 4.31. The zero-order valence-electron chi connectivity index (χ0n) is 10.6. The van der Waals surface area contributed by atoms with Crippen molar-refractivity contribution in [3.05, 3.63) is 56.7 Å². The van der Waals surface area contributed by atoms with Crippen LogP contribution in [0.4, 0.5) is 8.78 Å². The van der Waals surface area contributed by atoms with Crippen molar-refractivity contribution in [2.45, 2.75) is 12.5 Å². The van der Waals surface area contributed by atoms with Gasteiger partial charge in [0.05, 0.1) is 16.0 Å². The molecule has 0 saturated heterocycles. The minimum absolute atomic E-state index is 0.0942. The summed E-state index contributed by atoms with van der Waals surface area (Å²) < 4.78 is 27.6. The standard InChI is InChI=1S/C14H14ClF2NOS/c15-13-5-4-9(20-13)6-7-18-8-12(19)14-10(16)2-1-3-11(14)17/h1-5,12,18-19H,6-8H2. The molecule has 0 saturated carbocycles. The number of aliphatic hydroxyl groups excluding tert-OH is 1. The zero-order chi connectivity index (χ0) is 14.5. The molecule has 1 aromatic carbocycles. The van der Waals surface area contributed by atoms with E-state index in [9.17, 15) is 13.9 Å². The topological polar surface area (TPSA) is 32.3 Å². The molecule has 2 nitrogen and oxygen atoms in total. The number of hydrogen-bond donors (Lipinski definition) is 2. The molecule has 0 bridgehead atoms. The van der Waals surface area contributed by atoms with E-state index in [1.165, 1.54) is 17.4 Å². The van der Waals surface area contributed by atoms with Gasteiger partial charge in [0.2, 0.25) is 0 Å². The maximum Gasteiger partial charge on any atom is 0.131 e. The first kappa shape index (κ1) is 15.4. The number of aliphatic hydroxyl groups is 1. The lowest BCUT2D eigenvalue weighted by Gasteiger charge is -2.13. The Bertz CT molecular complexity index is 556. The summed E-state index contributed by atoms with van der Waals surface area (Å²) in [6.45, 7) is 0.695. The Morgan fingerprint density at radius 2 is 1.90 bits per heavy atom. The van der Waals surface area contributed by atoms with E-state index >= 15 is 0 Å². The van der Waals surface area contributed by atoms with Gasteiger partial charge in [0.25, 0.3) is 0 Å². The van der Waals surface area contributed by atoms with Crippen molar-refractivity contribution in [2.75, 3.05) is 13.1 Å². The first-order chi connectivity index (χ1) is 9.58. The highest BCUT2D eigenvalue weighted by Crippen LogP contribution is 2.22. The fourth-order valence-corrected chi connectivity index (χ4v) is 2.95. The van der Waals surface area contributed by atoms with Gasteiger partial charge in [-0.05, 0) is 30.7 Å². The molecular formula is C14H14ClF2NOS. The average Bonchev–Trinajstić information content (AvgIpc) is 2.80. The fourth-order valence-electron chi connectivity index (χ4n) is 1.87. The van der Waals surface area contributed by atoms with Gasteiger partial charge in [-0.3, -0.25) is 0 Å². The van der Waals surface area contributed by atoms with Crippen molar-refractivity contribution in [1.29, 1.82) is 0 Å². The predicted molar refractivity (Wildman–Crippen MR) is 77.2 cm³/mol. The smallest absolute Gasteiger partial charge is 0.131 e. The summed E-state index contributed by atoms with van der Waals surface area (Å²) in [5.74, 6) is -1.46. The summed E-state index contributed by atoms with van der Waals surface area (Å²) in [6, 6.07) is 7.30. The van der Waals surface area contributed by atoms with E-state index < -0.39 is 17.7 Å². The summed E-state index contributed by atoms with van der Waals surface area (Å²) in [7, 11) is 0. The SMILES string of the molecule is OC(CNCCc1ccc(Cl)s1)c1c(F)cccc1F. The number of hydrogen-bond acceptors (Lipinski definition) is 3. The molecular weight excluding hydrogens is 304 g/mol. The maximum absolute atomic E-state index is 13.4. The highest BCUT2D eigenvalue weighted by Gasteiger charge is 2.17. The molecule has 0 aliphatic carbocycles. The van der Waals surface area contributed by atoms with E-state index in [-0.39, 0.29) is 12.1 Å². The number of nitrogens with one attached hydrogen (secondary N) is 1. The first-order valence-corrected chi connectivity index (χ1v) is 7.34. The molecule has 2 N–H and O–H groups in total. The Kier molecular flexibility index (Phi) is 5.48. The lowest BCUT2D eigenvalue weighted by molar-refractivity contribution is 0.165. The van der Waals surface area contributed by atoms with E-state index in [0.717, 1.165) is 27.8 Å². The second-order valence-corrected chi connectivity index (χ2v) is 6.11. The maximum atomic E-state index is 13.4. The van der Waals surface area contributed by atoms with Crippen molar-refractivity contribution < 1.29 is 13.9 Å². The van der Waals surface area contributed by atoms with Crippen LogP contribution in [-0.2, 0) is 6.42 Å². The van der Waals surface area contributed by atoms with Crippen molar-refractivity contribution in [1.82, 2.24) is 5.32 Å². The monoisotopic (exact) mass is 317 g/mol. The Balaban J connectivity index is 1.82. The van der Waals surface area contributed by atoms with E-state index in [1.807, 2.05) is 12.1 Å². The van der Waals surface area contributed by atoms with Crippen molar-refractivity contribution in [3.8, 4) is 0 Å². The van der Waals surface area contributed by atoms with E-state index in [2.05, 4.69) is 5.32 Å². The van der Waals surface area contributed by atoms with Crippen LogP contribution in [0.5, 0.6) is 0 Å². The van der Waals surface area contributed by atoms with Crippen molar-refractivity contribution in [2.24, 2.45) is 0 Å². The van der Waals surface area contributed by atoms with E-state index in [0.29, 0.717) is 6.54 Å². The quantitative estimate of drug-likeness (QED) is 0.799. The number of halogens is 3. The molecule has 0 aliphatic rings. The van der Waals surface area contributed by atoms with Crippen LogP contribution in [0, 0.1) is 11.6 Å². The second kappa shape index (κ2) is 7.13. The van der Waals surface area contributed by atoms with Crippen LogP contribution < -0.4 is 5.32 Å². The van der Waals surface area contributed by atoms with Crippen LogP contribution in [0.3, 0.4) is 0 Å². The molecule has 1 unspecified atom stereocenters. The van der Waals surface area contributed by atoms with Crippen LogP contribution in [0.1, 0.15) is 16.5 Å². The Labute approximate surface area is 125 Å². The van der Waals surface area contributed by atoms with E-state index in [4.69, 9.17) is 11.6 Å². The molecule has 0 radical (unpaired) electrons. The highest BCUT2D eigenvalue weighted by molar-refractivity contribution is 7.16. The molecule has 1 atom stereocenters. The van der Waals surface area contributed by atoms with Crippen LogP contribution >= 0.6 is 22.9 Å². The lowest BCUT2D eigenvalue weighted by Crippen LogP contribution is -2.24. The minimum atomic E-state index is -1.21. The third kappa shape index (κ3) is 3.99. The van der Waals surface area contributed by atoms with Gasteiger partial charge in [0.15, 0.2) is 0 Å². The largest absolute Gasteiger partial charge is 0.387 e. The van der Waals surface area contributed by atoms with Gasteiger partial charge in [0.1, 0.15) is 11.6 Å². The molecule has 20 heavy (non-hydrogen) atoms. The van der Waals surface area contributed by atoms with Gasteiger partial charge in [-0.25, -0.2) is 8.78 Å². The Morgan fingerprint density at radius 3 is 2.50 bits per heavy atom. The van der Waals surface area contributed by atoms with Crippen LogP contribution in [0.25, 0.3) is 0 Å². The summed E-state index contributed by atoms with van der Waals surface area (Å²) in [6.07, 6.45) is -0.452. The molecule has 1 heterocycles. The van der Waals surface area contributed by atoms with Gasteiger partial charge in [0, 0.05) is 18.0 Å². The zero-order valence-corrected chi connectivity index (χ0v) is 12.1. The summed E-state index contributed by atoms with van der Waals surface area (Å²) in [4.78, 5) is 1.12. The third-order valence-electron chi connectivity index (χ3n) is 2.85. The summed E-state index contributed by atoms with van der Waals surface area (Å²) >= 11 is 7.30. The van der Waals surface area contributed by atoms with Gasteiger partial charge in [-0.2, -0.15) is 0 Å². The average molecular weight is 318 g/mol. The summed E-state index contributed by atoms with van der Waals surface area (Å²) in [5, 5.41) is 12.8. The van der Waals surface area contributed by atoms with Gasteiger partial charge < -0.3 is 10.4 Å². The normalized spacial score (nSPS) is 12.6.